The fourth-order valence-electron chi connectivity index (χ4n) is 10.2. The number of rotatable bonds is 6. The minimum Gasteiger partial charge on any atom is -0.393 e. The maximum atomic E-state index is 13.3. The van der Waals surface area contributed by atoms with Crippen LogP contribution in [0.5, 0.6) is 0 Å². The number of carbonyl (C=O) groups is 2. The van der Waals surface area contributed by atoms with Crippen molar-refractivity contribution >= 4 is 39.0 Å². The Kier molecular flexibility index (Phi) is 7.98. The molecule has 1 aromatic rings. The first-order valence-electron chi connectivity index (χ1n) is 15.0. The van der Waals surface area contributed by atoms with Crippen LogP contribution in [-0.2, 0) is 9.59 Å². The molecule has 0 aromatic carbocycles. The number of nitrogens with one attached hydrogen (secondary N) is 1. The third kappa shape index (κ3) is 4.59. The molecule has 1 heterocycles. The molecule has 8 heteroatoms. The molecule has 5 N–H and O–H groups in total. The molecule has 0 saturated heterocycles. The lowest BCUT2D eigenvalue weighted by molar-refractivity contribution is -0.217. The Morgan fingerprint density at radius 2 is 1.95 bits per heavy atom. The predicted molar refractivity (Wildman–Crippen MR) is 158 cm³/mol. The summed E-state index contributed by atoms with van der Waals surface area (Å²) in [5, 5.41) is 26.9. The van der Waals surface area contributed by atoms with E-state index in [1.807, 2.05) is 6.07 Å². The van der Waals surface area contributed by atoms with Gasteiger partial charge in [-0.3, -0.25) is 9.59 Å². The van der Waals surface area contributed by atoms with Gasteiger partial charge in [0.1, 0.15) is 5.78 Å². The second-order valence-corrected chi connectivity index (χ2v) is 16.5. The van der Waals surface area contributed by atoms with Gasteiger partial charge in [0.25, 0.3) is 0 Å². The molecule has 218 valence electrons. The van der Waals surface area contributed by atoms with E-state index in [1.54, 1.807) is 11.3 Å². The Morgan fingerprint density at radius 3 is 2.59 bits per heavy atom. The van der Waals surface area contributed by atoms with Crippen LogP contribution in [0, 0.1) is 46.3 Å². The molecule has 1 amide bonds. The summed E-state index contributed by atoms with van der Waals surface area (Å²) in [5.74, 6) is 0.791. The van der Waals surface area contributed by atoms with Crippen LogP contribution in [-0.4, -0.2) is 39.7 Å². The van der Waals surface area contributed by atoms with Gasteiger partial charge in [0, 0.05) is 35.1 Å². The molecule has 0 aliphatic heterocycles. The smallest absolute Gasteiger partial charge is 0.220 e. The highest BCUT2D eigenvalue weighted by atomic mass is 79.9. The zero-order valence-electron chi connectivity index (χ0n) is 24.1. The second kappa shape index (κ2) is 10.5. The molecule has 0 bridgehead atoms. The van der Waals surface area contributed by atoms with Crippen molar-refractivity contribution in [3.63, 3.8) is 0 Å². The molecule has 6 nitrogen and oxygen atoms in total. The molecule has 1 aromatic heterocycles. The van der Waals surface area contributed by atoms with E-state index in [2.05, 4.69) is 61.9 Å². The lowest BCUT2D eigenvalue weighted by atomic mass is 9.40. The number of ketones is 1. The first kappa shape index (κ1) is 29.7. The Bertz CT molecular complexity index is 1110. The molecule has 0 spiro atoms. The van der Waals surface area contributed by atoms with E-state index in [-0.39, 0.29) is 58.7 Å². The van der Waals surface area contributed by atoms with Gasteiger partial charge in [0.15, 0.2) is 0 Å². The van der Waals surface area contributed by atoms with Gasteiger partial charge >= 0.3 is 0 Å². The molecule has 12 atom stereocenters. The third-order valence-corrected chi connectivity index (χ3v) is 13.8. The van der Waals surface area contributed by atoms with Gasteiger partial charge in [-0.15, -0.1) is 11.3 Å². The zero-order valence-corrected chi connectivity index (χ0v) is 26.5. The molecule has 6 unspecified atom stereocenters. The summed E-state index contributed by atoms with van der Waals surface area (Å²) < 4.78 is 1.06. The Hall–Kier alpha value is -0.800. The van der Waals surface area contributed by atoms with Crippen LogP contribution in [0.2, 0.25) is 0 Å². The number of aliphatic hydroxyl groups excluding tert-OH is 2. The Balaban J connectivity index is 1.38. The normalized spacial score (nSPS) is 45.2. The van der Waals surface area contributed by atoms with Crippen LogP contribution in [0.25, 0.3) is 0 Å². The van der Waals surface area contributed by atoms with E-state index in [9.17, 15) is 19.8 Å². The molecule has 5 rings (SSSR count). The predicted octanol–water partition coefficient (Wildman–Crippen LogP) is 5.60. The van der Waals surface area contributed by atoms with Crippen molar-refractivity contribution in [2.45, 2.75) is 110 Å². The van der Waals surface area contributed by atoms with Crippen LogP contribution in [0.3, 0.4) is 0 Å². The zero-order chi connectivity index (χ0) is 28.5. The summed E-state index contributed by atoms with van der Waals surface area (Å²) in [5.41, 5.74) is 6.00. The summed E-state index contributed by atoms with van der Waals surface area (Å²) in [6, 6.07) is 4.08. The third-order valence-electron chi connectivity index (χ3n) is 12.1. The SMILES string of the molecule is CCC(NC(=O)C[C@@H](C)C1C[C@H](C)[C@@H]2C1(C)[C@@H](O)C[C@@H]1C3(C)CCC(=O)CC3C[C@@H](O)C12N)c1ccc(Br)s1. The number of fused-ring (bicyclic) bond motifs is 5. The van der Waals surface area contributed by atoms with Crippen molar-refractivity contribution < 1.29 is 19.8 Å². The van der Waals surface area contributed by atoms with Crippen LogP contribution >= 0.6 is 27.3 Å². The standard InChI is InChI=1S/C31H47BrN2O4S/c1-6-21(22-7-8-26(32)39-22)34-27(38)12-16(2)20-11-17(3)28-30(20,5)24(36)15-23-29(4)10-9-19(35)13-18(29)14-25(37)31(23,28)33/h7-8,16-18,20-21,23-25,28,36-37H,6,9-15,33H2,1-5H3,(H,34,38)/t16-,17+,18?,20?,21?,23-,24+,25-,28-,29?,30?,31?/m1/s1. The summed E-state index contributed by atoms with van der Waals surface area (Å²) in [7, 11) is 0. The second-order valence-electron chi connectivity index (χ2n) is 14.0. The van der Waals surface area contributed by atoms with Gasteiger partial charge in [0.05, 0.1) is 22.0 Å². The number of nitrogens with two attached hydrogens (primary N) is 1. The topological polar surface area (TPSA) is 113 Å². The van der Waals surface area contributed by atoms with Crippen LogP contribution in [0.15, 0.2) is 15.9 Å². The van der Waals surface area contributed by atoms with E-state index in [1.165, 1.54) is 0 Å². The molecular weight excluding hydrogens is 576 g/mol. The summed E-state index contributed by atoms with van der Waals surface area (Å²) in [6.07, 6.45) is 3.85. The van der Waals surface area contributed by atoms with Crippen molar-refractivity contribution in [2.24, 2.45) is 52.1 Å². The minimum atomic E-state index is -0.810. The molecule has 39 heavy (non-hydrogen) atoms. The van der Waals surface area contributed by atoms with Crippen molar-refractivity contribution in [1.29, 1.82) is 0 Å². The van der Waals surface area contributed by atoms with Crippen molar-refractivity contribution in [3.8, 4) is 0 Å². The number of carbonyl (C=O) groups excluding carboxylic acids is 2. The van der Waals surface area contributed by atoms with Gasteiger partial charge in [-0.25, -0.2) is 0 Å². The number of Topliss-reactive ketones (excluding diaryl/α,β-unsaturated/α-hetero) is 1. The van der Waals surface area contributed by atoms with Gasteiger partial charge < -0.3 is 21.3 Å². The van der Waals surface area contributed by atoms with Gasteiger partial charge in [-0.1, -0.05) is 34.6 Å². The molecule has 4 fully saturated rings. The van der Waals surface area contributed by atoms with Crippen molar-refractivity contribution in [1.82, 2.24) is 5.32 Å². The van der Waals surface area contributed by atoms with E-state index < -0.39 is 23.2 Å². The van der Waals surface area contributed by atoms with Crippen LogP contribution < -0.4 is 11.1 Å². The number of amides is 1. The number of halogens is 1. The number of hydrogen-bond donors (Lipinski definition) is 4. The van der Waals surface area contributed by atoms with E-state index in [0.717, 1.165) is 27.9 Å². The van der Waals surface area contributed by atoms with E-state index in [4.69, 9.17) is 5.73 Å². The number of thiophene rings is 1. The Morgan fingerprint density at radius 1 is 1.23 bits per heavy atom. The fraction of sp³-hybridized carbons (Fsp3) is 0.806. The Labute approximate surface area is 246 Å². The monoisotopic (exact) mass is 622 g/mol. The van der Waals surface area contributed by atoms with Crippen molar-refractivity contribution in [2.75, 3.05) is 0 Å². The first-order chi connectivity index (χ1) is 18.3. The van der Waals surface area contributed by atoms with Crippen molar-refractivity contribution in [3.05, 3.63) is 20.8 Å². The largest absolute Gasteiger partial charge is 0.393 e. The first-order valence-corrected chi connectivity index (χ1v) is 16.6. The lowest BCUT2D eigenvalue weighted by Crippen LogP contribution is -2.76. The quantitative estimate of drug-likeness (QED) is 0.330. The van der Waals surface area contributed by atoms with E-state index in [0.29, 0.717) is 32.1 Å². The highest BCUT2D eigenvalue weighted by molar-refractivity contribution is 9.11. The maximum Gasteiger partial charge on any atom is 0.220 e. The lowest BCUT2D eigenvalue weighted by Gasteiger charge is -2.68. The fourth-order valence-corrected chi connectivity index (χ4v) is 11.8. The van der Waals surface area contributed by atoms with Gasteiger partial charge in [-0.05, 0) is 101 Å². The van der Waals surface area contributed by atoms with Crippen LogP contribution in [0.1, 0.15) is 96.9 Å². The number of aliphatic hydroxyl groups is 2. The van der Waals surface area contributed by atoms with Gasteiger partial charge in [0.2, 0.25) is 5.91 Å². The molecule has 4 aliphatic rings. The summed E-state index contributed by atoms with van der Waals surface area (Å²) >= 11 is 5.18. The minimum absolute atomic E-state index is 0.00590. The maximum absolute atomic E-state index is 13.3. The average molecular weight is 624 g/mol. The highest BCUT2D eigenvalue weighted by Crippen LogP contribution is 2.70. The number of hydrogen-bond acceptors (Lipinski definition) is 6. The molecule has 4 aliphatic carbocycles. The molecular formula is C31H47BrN2O4S. The summed E-state index contributed by atoms with van der Waals surface area (Å²) in [4.78, 5) is 26.8. The molecule has 4 saturated carbocycles. The highest BCUT2D eigenvalue weighted by Gasteiger charge is 2.72. The average Bonchev–Trinajstić information content (AvgIpc) is 3.42. The summed E-state index contributed by atoms with van der Waals surface area (Å²) in [6.45, 7) is 10.9. The molecule has 0 radical (unpaired) electrons. The van der Waals surface area contributed by atoms with Gasteiger partial charge in [-0.2, -0.15) is 0 Å². The van der Waals surface area contributed by atoms with E-state index >= 15 is 0 Å². The van der Waals surface area contributed by atoms with Crippen LogP contribution in [0.4, 0.5) is 0 Å².